The highest BCUT2D eigenvalue weighted by atomic mass is 35.5. The summed E-state index contributed by atoms with van der Waals surface area (Å²) >= 11 is 6.13. The fourth-order valence-corrected chi connectivity index (χ4v) is 4.74. The molecular weight excluding hydrogens is 462 g/mol. The fourth-order valence-electron chi connectivity index (χ4n) is 4.61. The van der Waals surface area contributed by atoms with Crippen molar-refractivity contribution >= 4 is 34.6 Å². The van der Waals surface area contributed by atoms with Gasteiger partial charge >= 0.3 is 5.97 Å². The maximum atomic E-state index is 11.9. The Morgan fingerprint density at radius 3 is 2.54 bits per heavy atom. The number of hydrogen-bond acceptors (Lipinski definition) is 5. The number of aryl methyl sites for hydroxylation is 2. The van der Waals surface area contributed by atoms with E-state index in [4.69, 9.17) is 16.6 Å². The van der Waals surface area contributed by atoms with Gasteiger partial charge in [0.25, 0.3) is 0 Å². The van der Waals surface area contributed by atoms with Gasteiger partial charge in [-0.3, -0.25) is 0 Å². The van der Waals surface area contributed by atoms with Crippen molar-refractivity contribution in [3.8, 4) is 11.4 Å². The Bertz CT molecular complexity index is 1410. The molecule has 2 aromatic carbocycles. The zero-order valence-corrected chi connectivity index (χ0v) is 20.8. The molecule has 0 bridgehead atoms. The number of imidazole rings is 1. The lowest BCUT2D eigenvalue weighted by Gasteiger charge is -2.32. The number of carbonyl (C=O) groups is 1. The van der Waals surface area contributed by atoms with Crippen molar-refractivity contribution in [1.29, 1.82) is 0 Å². The maximum absolute atomic E-state index is 11.9. The second-order valence-electron chi connectivity index (χ2n) is 9.46. The van der Waals surface area contributed by atoms with E-state index in [1.54, 1.807) is 0 Å². The van der Waals surface area contributed by atoms with E-state index in [-0.39, 0.29) is 11.9 Å². The third kappa shape index (κ3) is 4.60. The van der Waals surface area contributed by atoms with Crippen molar-refractivity contribution < 1.29 is 9.90 Å². The molecule has 2 heterocycles. The number of rotatable bonds is 7. The molecule has 0 amide bonds. The van der Waals surface area contributed by atoms with E-state index in [1.807, 2.05) is 38.1 Å². The van der Waals surface area contributed by atoms with Gasteiger partial charge < -0.3 is 15.0 Å². The molecule has 0 saturated heterocycles. The Hall–Kier alpha value is -3.45. The molecule has 1 aliphatic rings. The average Bonchev–Trinajstić information content (AvgIpc) is 3.14. The number of carboxylic acids is 1. The Kier molecular flexibility index (Phi) is 6.19. The molecule has 2 N–H and O–H groups in total. The van der Waals surface area contributed by atoms with Crippen LogP contribution in [0.3, 0.4) is 0 Å². The van der Waals surface area contributed by atoms with Crippen molar-refractivity contribution in [3.63, 3.8) is 0 Å². The van der Waals surface area contributed by atoms with Crippen LogP contribution in [0.4, 0.5) is 5.82 Å². The number of nitrogens with zero attached hydrogens (tertiary/aromatic N) is 4. The molecular formula is C27H28ClN5O2. The predicted molar refractivity (Wildman–Crippen MR) is 138 cm³/mol. The van der Waals surface area contributed by atoms with Crippen LogP contribution in [0, 0.1) is 19.8 Å². The second kappa shape index (κ2) is 9.30. The summed E-state index contributed by atoms with van der Waals surface area (Å²) in [6, 6.07) is 14.1. The summed E-state index contributed by atoms with van der Waals surface area (Å²) in [5.74, 6) is 0.341. The molecule has 0 aliphatic heterocycles. The minimum Gasteiger partial charge on any atom is -0.475 e. The molecule has 1 aliphatic carbocycles. The average molecular weight is 490 g/mol. The number of anilines is 1. The molecule has 5 rings (SSSR count). The molecule has 1 saturated carbocycles. The first kappa shape index (κ1) is 23.3. The molecule has 1 atom stereocenters. The van der Waals surface area contributed by atoms with Gasteiger partial charge in [-0.05, 0) is 68.9 Å². The second-order valence-corrected chi connectivity index (χ2v) is 9.90. The molecule has 0 spiro atoms. The SMILES string of the molecule is Cc1ccc(C)c(-c2nc3nc(C(=O)O)nc(NC(C)C4CCC4)c3n2Cc2ccc(Cl)cc2)c1. The quantitative estimate of drug-likeness (QED) is 0.325. The van der Waals surface area contributed by atoms with Crippen molar-refractivity contribution in [2.24, 2.45) is 5.92 Å². The van der Waals surface area contributed by atoms with Crippen LogP contribution in [0.1, 0.15) is 53.5 Å². The zero-order valence-electron chi connectivity index (χ0n) is 20.0. The number of fused-ring (bicyclic) bond motifs is 1. The monoisotopic (exact) mass is 489 g/mol. The topological polar surface area (TPSA) is 92.9 Å². The molecule has 1 fully saturated rings. The molecule has 2 aromatic heterocycles. The Labute approximate surface area is 209 Å². The number of hydrogen-bond donors (Lipinski definition) is 2. The highest BCUT2D eigenvalue weighted by molar-refractivity contribution is 6.30. The minimum absolute atomic E-state index is 0.159. The van der Waals surface area contributed by atoms with Crippen molar-refractivity contribution in [2.75, 3.05) is 5.32 Å². The van der Waals surface area contributed by atoms with Gasteiger partial charge in [-0.1, -0.05) is 47.9 Å². The smallest absolute Gasteiger partial charge is 0.374 e. The Morgan fingerprint density at radius 2 is 1.89 bits per heavy atom. The molecule has 7 nitrogen and oxygen atoms in total. The van der Waals surface area contributed by atoms with Gasteiger partial charge in [-0.15, -0.1) is 0 Å². The van der Waals surface area contributed by atoms with Crippen molar-refractivity contribution in [2.45, 2.75) is 52.6 Å². The molecule has 4 aromatic rings. The summed E-state index contributed by atoms with van der Waals surface area (Å²) in [5.41, 5.74) is 5.28. The largest absolute Gasteiger partial charge is 0.475 e. The van der Waals surface area contributed by atoms with Gasteiger partial charge in [0.05, 0.1) is 0 Å². The Balaban J connectivity index is 1.74. The standard InChI is InChI=1S/C27H28ClN5O2/c1-15-7-8-16(2)21(13-15)26-32-24-22(33(26)14-18-9-11-20(28)12-10-18)23(30-25(31-24)27(34)35)29-17(3)19-5-4-6-19/h7-13,17,19H,4-6,14H2,1-3H3,(H,34,35)(H,29,30,31). The zero-order chi connectivity index (χ0) is 24.7. The lowest BCUT2D eigenvalue weighted by molar-refractivity contribution is 0.0684. The predicted octanol–water partition coefficient (Wildman–Crippen LogP) is 6.11. The summed E-state index contributed by atoms with van der Waals surface area (Å²) in [7, 11) is 0. The van der Waals surface area contributed by atoms with Crippen LogP contribution in [0.2, 0.25) is 5.02 Å². The van der Waals surface area contributed by atoms with Crippen LogP contribution in [0.5, 0.6) is 0 Å². The van der Waals surface area contributed by atoms with Crippen LogP contribution in [0.15, 0.2) is 42.5 Å². The number of carboxylic acid groups (broad SMARTS) is 1. The van der Waals surface area contributed by atoms with E-state index >= 15 is 0 Å². The van der Waals surface area contributed by atoms with E-state index in [0.29, 0.717) is 34.5 Å². The number of aromatic nitrogens is 4. The lowest BCUT2D eigenvalue weighted by Crippen LogP contribution is -2.31. The van der Waals surface area contributed by atoms with Crippen LogP contribution in [0.25, 0.3) is 22.6 Å². The third-order valence-corrected chi connectivity index (χ3v) is 7.16. The molecule has 180 valence electrons. The number of benzene rings is 2. The highest BCUT2D eigenvalue weighted by Gasteiger charge is 2.27. The summed E-state index contributed by atoms with van der Waals surface area (Å²) in [5, 5.41) is 13.9. The number of halogens is 1. The van der Waals surface area contributed by atoms with Gasteiger partial charge in [-0.25, -0.2) is 19.7 Å². The highest BCUT2D eigenvalue weighted by Crippen LogP contribution is 2.34. The summed E-state index contributed by atoms with van der Waals surface area (Å²) in [6.07, 6.45) is 3.54. The van der Waals surface area contributed by atoms with E-state index in [9.17, 15) is 9.90 Å². The van der Waals surface area contributed by atoms with Gasteiger partial charge in [0, 0.05) is 23.2 Å². The van der Waals surface area contributed by atoms with Crippen molar-refractivity contribution in [3.05, 3.63) is 70.0 Å². The summed E-state index contributed by atoms with van der Waals surface area (Å²) in [4.78, 5) is 25.5. The van der Waals surface area contributed by atoms with E-state index < -0.39 is 5.97 Å². The van der Waals surface area contributed by atoms with E-state index in [2.05, 4.69) is 45.0 Å². The first-order chi connectivity index (χ1) is 16.8. The van der Waals surface area contributed by atoms with Crippen molar-refractivity contribution in [1.82, 2.24) is 19.5 Å². The number of nitrogens with one attached hydrogen (secondary N) is 1. The summed E-state index contributed by atoms with van der Waals surface area (Å²) < 4.78 is 2.09. The molecule has 8 heteroatoms. The normalized spacial score (nSPS) is 14.6. The van der Waals surface area contributed by atoms with Gasteiger partial charge in [-0.2, -0.15) is 0 Å². The lowest BCUT2D eigenvalue weighted by atomic mass is 9.80. The van der Waals surface area contributed by atoms with Crippen LogP contribution < -0.4 is 5.32 Å². The van der Waals surface area contributed by atoms with Crippen LogP contribution >= 0.6 is 11.6 Å². The van der Waals surface area contributed by atoms with Gasteiger partial charge in [0.2, 0.25) is 5.82 Å². The van der Waals surface area contributed by atoms with Crippen LogP contribution in [-0.4, -0.2) is 36.6 Å². The Morgan fingerprint density at radius 1 is 1.14 bits per heavy atom. The van der Waals surface area contributed by atoms with E-state index in [0.717, 1.165) is 40.9 Å². The fraction of sp³-hybridized carbons (Fsp3) is 0.333. The minimum atomic E-state index is -1.17. The van der Waals surface area contributed by atoms with E-state index in [1.165, 1.54) is 6.42 Å². The number of aromatic carboxylic acids is 1. The summed E-state index contributed by atoms with van der Waals surface area (Å²) in [6.45, 7) is 6.74. The van der Waals surface area contributed by atoms with Gasteiger partial charge in [0.15, 0.2) is 11.5 Å². The maximum Gasteiger partial charge on any atom is 0.374 e. The third-order valence-electron chi connectivity index (χ3n) is 6.90. The van der Waals surface area contributed by atoms with Crippen LogP contribution in [-0.2, 0) is 6.54 Å². The first-order valence-corrected chi connectivity index (χ1v) is 12.3. The van der Waals surface area contributed by atoms with Gasteiger partial charge in [0.1, 0.15) is 11.3 Å². The molecule has 0 radical (unpaired) electrons. The molecule has 1 unspecified atom stereocenters. The molecule has 35 heavy (non-hydrogen) atoms. The first-order valence-electron chi connectivity index (χ1n) is 11.9.